The number of carbonyl (C=O) groups is 1. The molecule has 2 N–H and O–H groups in total. The number of carbonyl (C=O) groups excluding carboxylic acids is 1. The topological polar surface area (TPSA) is 53.6 Å². The van der Waals surface area contributed by atoms with Crippen molar-refractivity contribution in [3.63, 3.8) is 0 Å². The molecule has 1 atom stereocenters. The lowest BCUT2D eigenvalue weighted by Crippen LogP contribution is -2.50. The highest BCUT2D eigenvalue weighted by Gasteiger charge is 2.25. The second-order valence-electron chi connectivity index (χ2n) is 8.07. The van der Waals surface area contributed by atoms with E-state index in [2.05, 4.69) is 29.4 Å². The highest BCUT2D eigenvalue weighted by molar-refractivity contribution is 5.74. The van der Waals surface area contributed by atoms with E-state index >= 15 is 0 Å². The molecule has 26 heavy (non-hydrogen) atoms. The van der Waals surface area contributed by atoms with E-state index in [0.29, 0.717) is 31.2 Å². The first-order valence-electron chi connectivity index (χ1n) is 9.38. The van der Waals surface area contributed by atoms with Gasteiger partial charge in [0, 0.05) is 38.1 Å². The van der Waals surface area contributed by atoms with Gasteiger partial charge < -0.3 is 15.4 Å². The number of hydrogen-bond acceptors (Lipinski definition) is 3. The number of urea groups is 1. The predicted octanol–water partition coefficient (Wildman–Crippen LogP) is 2.76. The Morgan fingerprint density at radius 2 is 2.08 bits per heavy atom. The van der Waals surface area contributed by atoms with Crippen LogP contribution in [0.15, 0.2) is 24.3 Å². The molecule has 0 bridgehead atoms. The zero-order valence-corrected chi connectivity index (χ0v) is 16.3. The van der Waals surface area contributed by atoms with Crippen LogP contribution in [0.25, 0.3) is 0 Å². The maximum atomic E-state index is 14.0. The van der Waals surface area contributed by atoms with Gasteiger partial charge in [-0.15, -0.1) is 0 Å². The fourth-order valence-electron chi connectivity index (χ4n) is 3.26. The minimum atomic E-state index is -0.488. The molecule has 0 radical (unpaired) electrons. The molecule has 6 heteroatoms. The van der Waals surface area contributed by atoms with Crippen LogP contribution < -0.4 is 10.6 Å². The first-order valence-corrected chi connectivity index (χ1v) is 9.38. The van der Waals surface area contributed by atoms with Crippen LogP contribution in [0.4, 0.5) is 9.18 Å². The number of benzene rings is 1. The zero-order chi connectivity index (χ0) is 19.2. The van der Waals surface area contributed by atoms with Gasteiger partial charge in [0.05, 0.1) is 12.7 Å². The van der Waals surface area contributed by atoms with Gasteiger partial charge in [-0.1, -0.05) is 45.9 Å². The maximum absolute atomic E-state index is 14.0. The molecule has 2 rings (SSSR count). The summed E-state index contributed by atoms with van der Waals surface area (Å²) in [7, 11) is 0. The van der Waals surface area contributed by atoms with Gasteiger partial charge in [-0.3, -0.25) is 4.90 Å². The van der Waals surface area contributed by atoms with Gasteiger partial charge in [-0.25, -0.2) is 9.18 Å². The quantitative estimate of drug-likeness (QED) is 0.781. The largest absolute Gasteiger partial charge is 0.374 e. The van der Waals surface area contributed by atoms with E-state index in [1.165, 1.54) is 6.07 Å². The number of nitrogens with zero attached hydrogens (tertiary/aromatic N) is 1. The van der Waals surface area contributed by atoms with E-state index < -0.39 is 5.41 Å². The van der Waals surface area contributed by atoms with E-state index in [0.717, 1.165) is 19.6 Å². The summed E-state index contributed by atoms with van der Waals surface area (Å²) < 4.78 is 19.7. The van der Waals surface area contributed by atoms with Crippen LogP contribution in [-0.4, -0.2) is 56.4 Å². The molecule has 0 spiro atoms. The fraction of sp³-hybridized carbons (Fsp3) is 0.650. The SMILES string of the molecule is CC(C)CN1CCOC(CNC(=O)NCC(C)(C)c2ccccc2F)C1. The summed E-state index contributed by atoms with van der Waals surface area (Å²) in [6.45, 7) is 12.6. The summed E-state index contributed by atoms with van der Waals surface area (Å²) in [4.78, 5) is 14.5. The monoisotopic (exact) mass is 365 g/mol. The standard InChI is InChI=1S/C20H32FN3O2/c1-15(2)12-24-9-10-26-16(13-24)11-22-19(25)23-14-20(3,4)17-7-5-6-8-18(17)21/h5-8,15-16H,9-14H2,1-4H3,(H2,22,23,25). The van der Waals surface area contributed by atoms with Crippen molar-refractivity contribution in [1.82, 2.24) is 15.5 Å². The molecule has 5 nitrogen and oxygen atoms in total. The number of halogens is 1. The van der Waals surface area contributed by atoms with E-state index in [1.54, 1.807) is 12.1 Å². The zero-order valence-electron chi connectivity index (χ0n) is 16.3. The fourth-order valence-corrected chi connectivity index (χ4v) is 3.26. The van der Waals surface area contributed by atoms with Crippen molar-refractivity contribution in [2.45, 2.75) is 39.2 Å². The minimum Gasteiger partial charge on any atom is -0.374 e. The molecule has 1 heterocycles. The molecule has 0 aliphatic carbocycles. The lowest BCUT2D eigenvalue weighted by Gasteiger charge is -2.34. The summed E-state index contributed by atoms with van der Waals surface area (Å²) in [5.41, 5.74) is 0.109. The van der Waals surface area contributed by atoms with Crippen LogP contribution >= 0.6 is 0 Å². The molecule has 1 saturated heterocycles. The molecule has 1 aliphatic heterocycles. The first kappa shape index (κ1) is 20.6. The minimum absolute atomic E-state index is 0.00725. The molecule has 0 aromatic heterocycles. The third-order valence-corrected chi connectivity index (χ3v) is 4.63. The van der Waals surface area contributed by atoms with Crippen molar-refractivity contribution in [2.24, 2.45) is 5.92 Å². The van der Waals surface area contributed by atoms with E-state index in [4.69, 9.17) is 4.74 Å². The molecule has 0 saturated carbocycles. The lowest BCUT2D eigenvalue weighted by molar-refractivity contribution is -0.0290. The Labute approximate surface area is 156 Å². The normalized spacial score (nSPS) is 18.8. The average molecular weight is 365 g/mol. The number of morpholine rings is 1. The Morgan fingerprint density at radius 1 is 1.35 bits per heavy atom. The number of amides is 2. The van der Waals surface area contributed by atoms with Gasteiger partial charge >= 0.3 is 6.03 Å². The van der Waals surface area contributed by atoms with Gasteiger partial charge in [0.25, 0.3) is 0 Å². The van der Waals surface area contributed by atoms with Gasteiger partial charge in [0.2, 0.25) is 0 Å². The third-order valence-electron chi connectivity index (χ3n) is 4.63. The van der Waals surface area contributed by atoms with Crippen LogP contribution in [0.2, 0.25) is 0 Å². The molecule has 1 aromatic carbocycles. The Morgan fingerprint density at radius 3 is 2.77 bits per heavy atom. The number of nitrogens with one attached hydrogen (secondary N) is 2. The van der Waals surface area contributed by atoms with E-state index in [1.807, 2.05) is 19.9 Å². The Kier molecular flexibility index (Phi) is 7.41. The summed E-state index contributed by atoms with van der Waals surface area (Å²) in [5.74, 6) is 0.367. The molecule has 1 fully saturated rings. The molecule has 146 valence electrons. The molecular formula is C20H32FN3O2. The van der Waals surface area contributed by atoms with Crippen LogP contribution in [0.1, 0.15) is 33.3 Å². The van der Waals surface area contributed by atoms with Crippen molar-refractivity contribution in [1.29, 1.82) is 0 Å². The van der Waals surface area contributed by atoms with Crippen LogP contribution in [0.5, 0.6) is 0 Å². The first-order chi connectivity index (χ1) is 12.3. The van der Waals surface area contributed by atoms with Crippen LogP contribution in [0, 0.1) is 11.7 Å². The highest BCUT2D eigenvalue weighted by Crippen LogP contribution is 2.24. The second kappa shape index (κ2) is 9.33. The molecule has 1 unspecified atom stereocenters. The number of hydrogen-bond donors (Lipinski definition) is 2. The van der Waals surface area contributed by atoms with Crippen molar-refractivity contribution in [3.8, 4) is 0 Å². The van der Waals surface area contributed by atoms with Crippen LogP contribution in [-0.2, 0) is 10.2 Å². The smallest absolute Gasteiger partial charge is 0.314 e. The van der Waals surface area contributed by atoms with Crippen LogP contribution in [0.3, 0.4) is 0 Å². The summed E-state index contributed by atoms with van der Waals surface area (Å²) in [6.07, 6.45) is 0.00725. The van der Waals surface area contributed by atoms with Crippen molar-refractivity contribution >= 4 is 6.03 Å². The van der Waals surface area contributed by atoms with Gasteiger partial charge in [0.1, 0.15) is 5.82 Å². The van der Waals surface area contributed by atoms with Crippen molar-refractivity contribution < 1.29 is 13.9 Å². The maximum Gasteiger partial charge on any atom is 0.314 e. The summed E-state index contributed by atoms with van der Waals surface area (Å²) >= 11 is 0. The van der Waals surface area contributed by atoms with E-state index in [-0.39, 0.29) is 18.0 Å². The highest BCUT2D eigenvalue weighted by atomic mass is 19.1. The number of ether oxygens (including phenoxy) is 1. The number of rotatable bonds is 7. The summed E-state index contributed by atoms with van der Waals surface area (Å²) in [5, 5.41) is 5.72. The average Bonchev–Trinajstić information content (AvgIpc) is 2.58. The van der Waals surface area contributed by atoms with Crippen molar-refractivity contribution in [2.75, 3.05) is 39.3 Å². The molecular weight excluding hydrogens is 333 g/mol. The van der Waals surface area contributed by atoms with Crippen molar-refractivity contribution in [3.05, 3.63) is 35.6 Å². The Balaban J connectivity index is 1.76. The van der Waals surface area contributed by atoms with Gasteiger partial charge in [-0.05, 0) is 17.5 Å². The van der Waals surface area contributed by atoms with E-state index in [9.17, 15) is 9.18 Å². The molecule has 2 amide bonds. The van der Waals surface area contributed by atoms with Gasteiger partial charge in [-0.2, -0.15) is 0 Å². The van der Waals surface area contributed by atoms with Gasteiger partial charge in [0.15, 0.2) is 0 Å². The second-order valence-corrected chi connectivity index (χ2v) is 8.07. The predicted molar refractivity (Wildman–Crippen MR) is 102 cm³/mol. The molecule has 1 aromatic rings. The Hall–Kier alpha value is -1.66. The molecule has 1 aliphatic rings. The lowest BCUT2D eigenvalue weighted by atomic mass is 9.84. The third kappa shape index (κ3) is 6.25. The Bertz CT molecular complexity index is 592. The summed E-state index contributed by atoms with van der Waals surface area (Å²) in [6, 6.07) is 6.43.